The maximum atomic E-state index is 12.5. The maximum absolute atomic E-state index is 12.5. The molecule has 0 unspecified atom stereocenters. The van der Waals surface area contributed by atoms with Crippen molar-refractivity contribution in [2.75, 3.05) is 5.32 Å². The van der Waals surface area contributed by atoms with Gasteiger partial charge < -0.3 is 9.88 Å². The lowest BCUT2D eigenvalue weighted by Crippen LogP contribution is -2.22. The molecule has 2 aromatic carbocycles. The SMILES string of the molecule is C[C@H](Sc1nnc(C2CC2)n1C)C(=O)Nc1ccc2ccccc2c1. The minimum Gasteiger partial charge on any atom is -0.325 e. The molecule has 1 saturated carbocycles. The van der Waals surface area contributed by atoms with Crippen LogP contribution in [0.5, 0.6) is 0 Å². The molecule has 0 radical (unpaired) electrons. The number of carbonyl (C=O) groups excluding carboxylic acids is 1. The highest BCUT2D eigenvalue weighted by Gasteiger charge is 2.30. The van der Waals surface area contributed by atoms with Gasteiger partial charge >= 0.3 is 0 Å². The number of nitrogens with one attached hydrogen (secondary N) is 1. The van der Waals surface area contributed by atoms with Crippen molar-refractivity contribution >= 4 is 34.1 Å². The summed E-state index contributed by atoms with van der Waals surface area (Å²) in [7, 11) is 1.98. The van der Waals surface area contributed by atoms with Gasteiger partial charge in [0, 0.05) is 18.7 Å². The number of aromatic nitrogens is 3. The van der Waals surface area contributed by atoms with E-state index >= 15 is 0 Å². The van der Waals surface area contributed by atoms with Crippen molar-refractivity contribution in [3.63, 3.8) is 0 Å². The third-order valence-electron chi connectivity index (χ3n) is 4.48. The summed E-state index contributed by atoms with van der Waals surface area (Å²) in [5.74, 6) is 1.55. The second kappa shape index (κ2) is 6.52. The van der Waals surface area contributed by atoms with Gasteiger partial charge in [-0.05, 0) is 42.7 Å². The Labute approximate surface area is 150 Å². The Bertz CT molecular complexity index is 932. The zero-order valence-electron chi connectivity index (χ0n) is 14.3. The van der Waals surface area contributed by atoms with Crippen LogP contribution in [-0.4, -0.2) is 25.9 Å². The molecular weight excluding hydrogens is 332 g/mol. The van der Waals surface area contributed by atoms with Crippen LogP contribution in [0.2, 0.25) is 0 Å². The second-order valence-electron chi connectivity index (χ2n) is 6.49. The van der Waals surface area contributed by atoms with Gasteiger partial charge in [-0.2, -0.15) is 0 Å². The number of hydrogen-bond donors (Lipinski definition) is 1. The zero-order valence-corrected chi connectivity index (χ0v) is 15.1. The number of benzene rings is 2. The highest BCUT2D eigenvalue weighted by molar-refractivity contribution is 8.00. The van der Waals surface area contributed by atoms with E-state index in [1.807, 2.05) is 54.9 Å². The predicted octanol–water partition coefficient (Wildman–Crippen LogP) is 3.97. The largest absolute Gasteiger partial charge is 0.325 e. The standard InChI is InChI=1S/C19H20N4OS/c1-12(25-19-22-21-17(23(19)2)14-7-8-14)18(24)20-16-10-9-13-5-3-4-6-15(13)11-16/h3-6,9-12,14H,7-8H2,1-2H3,(H,20,24)/t12-/m0/s1. The van der Waals surface area contributed by atoms with Crippen LogP contribution in [0.1, 0.15) is 31.5 Å². The number of hydrogen-bond acceptors (Lipinski definition) is 4. The van der Waals surface area contributed by atoms with Crippen LogP contribution < -0.4 is 5.32 Å². The number of anilines is 1. The van der Waals surface area contributed by atoms with Crippen molar-refractivity contribution < 1.29 is 4.79 Å². The maximum Gasteiger partial charge on any atom is 0.237 e. The van der Waals surface area contributed by atoms with E-state index in [0.29, 0.717) is 5.92 Å². The lowest BCUT2D eigenvalue weighted by molar-refractivity contribution is -0.115. The van der Waals surface area contributed by atoms with E-state index in [0.717, 1.165) is 27.4 Å². The highest BCUT2D eigenvalue weighted by atomic mass is 32.2. The van der Waals surface area contributed by atoms with E-state index in [1.54, 1.807) is 0 Å². The van der Waals surface area contributed by atoms with Crippen molar-refractivity contribution in [3.05, 3.63) is 48.3 Å². The van der Waals surface area contributed by atoms with Crippen molar-refractivity contribution in [3.8, 4) is 0 Å². The highest BCUT2D eigenvalue weighted by Crippen LogP contribution is 2.39. The predicted molar refractivity (Wildman–Crippen MR) is 101 cm³/mol. The molecule has 1 heterocycles. The topological polar surface area (TPSA) is 59.8 Å². The molecule has 0 bridgehead atoms. The Balaban J connectivity index is 1.44. The molecule has 1 amide bonds. The van der Waals surface area contributed by atoms with Crippen molar-refractivity contribution in [2.24, 2.45) is 7.05 Å². The first-order valence-corrected chi connectivity index (χ1v) is 9.35. The van der Waals surface area contributed by atoms with Gasteiger partial charge in [0.05, 0.1) is 5.25 Å². The minimum atomic E-state index is -0.249. The number of rotatable bonds is 5. The number of thioether (sulfide) groups is 1. The molecular formula is C19H20N4OS. The molecule has 25 heavy (non-hydrogen) atoms. The fraction of sp³-hybridized carbons (Fsp3) is 0.316. The van der Waals surface area contributed by atoms with Crippen molar-refractivity contribution in [1.82, 2.24) is 14.8 Å². The van der Waals surface area contributed by atoms with Gasteiger partial charge in [-0.25, -0.2) is 0 Å². The third kappa shape index (κ3) is 3.39. The average molecular weight is 352 g/mol. The van der Waals surface area contributed by atoms with Crippen LogP contribution in [0.15, 0.2) is 47.6 Å². The molecule has 1 fully saturated rings. The summed E-state index contributed by atoms with van der Waals surface area (Å²) in [5.41, 5.74) is 0.813. The molecule has 128 valence electrons. The molecule has 5 nitrogen and oxygen atoms in total. The smallest absolute Gasteiger partial charge is 0.237 e. The van der Waals surface area contributed by atoms with Crippen LogP contribution in [-0.2, 0) is 11.8 Å². The van der Waals surface area contributed by atoms with Gasteiger partial charge in [-0.3, -0.25) is 4.79 Å². The molecule has 1 aromatic heterocycles. The van der Waals surface area contributed by atoms with Gasteiger partial charge in [0.2, 0.25) is 5.91 Å². The Morgan fingerprint density at radius 1 is 1.20 bits per heavy atom. The van der Waals surface area contributed by atoms with E-state index in [4.69, 9.17) is 0 Å². The Hall–Kier alpha value is -2.34. The normalized spacial score (nSPS) is 15.3. The van der Waals surface area contributed by atoms with E-state index in [-0.39, 0.29) is 11.2 Å². The summed E-state index contributed by atoms with van der Waals surface area (Å²) in [4.78, 5) is 12.5. The molecule has 1 N–H and O–H groups in total. The molecule has 0 spiro atoms. The number of fused-ring (bicyclic) bond motifs is 1. The molecule has 1 atom stereocenters. The number of amides is 1. The minimum absolute atomic E-state index is 0.0312. The van der Waals surface area contributed by atoms with E-state index in [9.17, 15) is 4.79 Å². The van der Waals surface area contributed by atoms with Crippen molar-refractivity contribution in [2.45, 2.75) is 36.1 Å². The lowest BCUT2D eigenvalue weighted by Gasteiger charge is -2.12. The zero-order chi connectivity index (χ0) is 17.4. The molecule has 0 saturated heterocycles. The fourth-order valence-electron chi connectivity index (χ4n) is 2.85. The van der Waals surface area contributed by atoms with Crippen LogP contribution in [0.3, 0.4) is 0 Å². The summed E-state index contributed by atoms with van der Waals surface area (Å²) >= 11 is 1.44. The third-order valence-corrected chi connectivity index (χ3v) is 5.61. The number of nitrogens with zero attached hydrogens (tertiary/aromatic N) is 3. The van der Waals surface area contributed by atoms with Gasteiger partial charge in [0.15, 0.2) is 5.16 Å². The van der Waals surface area contributed by atoms with Crippen molar-refractivity contribution in [1.29, 1.82) is 0 Å². The molecule has 6 heteroatoms. The monoisotopic (exact) mass is 352 g/mol. The van der Waals surface area contributed by atoms with Gasteiger partial charge in [0.25, 0.3) is 0 Å². The average Bonchev–Trinajstić information content (AvgIpc) is 3.40. The van der Waals surface area contributed by atoms with Gasteiger partial charge in [-0.1, -0.05) is 42.1 Å². The first-order valence-electron chi connectivity index (χ1n) is 8.47. The summed E-state index contributed by atoms with van der Waals surface area (Å²) in [6, 6.07) is 14.1. The molecule has 1 aliphatic carbocycles. The summed E-state index contributed by atoms with van der Waals surface area (Å²) in [5, 5.41) is 14.3. The van der Waals surface area contributed by atoms with Gasteiger partial charge in [-0.15, -0.1) is 10.2 Å². The van der Waals surface area contributed by atoms with E-state index in [2.05, 4.69) is 21.6 Å². The second-order valence-corrected chi connectivity index (χ2v) is 7.79. The molecule has 3 aromatic rings. The lowest BCUT2D eigenvalue weighted by atomic mass is 10.1. The fourth-order valence-corrected chi connectivity index (χ4v) is 3.67. The summed E-state index contributed by atoms with van der Waals surface area (Å²) in [6.07, 6.45) is 2.38. The quantitative estimate of drug-likeness (QED) is 0.706. The first-order chi connectivity index (χ1) is 12.1. The Morgan fingerprint density at radius 2 is 1.96 bits per heavy atom. The van der Waals surface area contributed by atoms with Gasteiger partial charge in [0.1, 0.15) is 5.82 Å². The summed E-state index contributed by atoms with van der Waals surface area (Å²) < 4.78 is 2.02. The Morgan fingerprint density at radius 3 is 2.72 bits per heavy atom. The summed E-state index contributed by atoms with van der Waals surface area (Å²) in [6.45, 7) is 1.90. The van der Waals surface area contributed by atoms with Crippen LogP contribution in [0, 0.1) is 0 Å². The van der Waals surface area contributed by atoms with Crippen LogP contribution in [0.25, 0.3) is 10.8 Å². The van der Waals surface area contributed by atoms with Crippen LogP contribution >= 0.6 is 11.8 Å². The van der Waals surface area contributed by atoms with E-state index in [1.165, 1.54) is 24.6 Å². The first kappa shape index (κ1) is 16.1. The Kier molecular flexibility index (Phi) is 4.21. The number of carbonyl (C=O) groups is 1. The molecule has 0 aliphatic heterocycles. The van der Waals surface area contributed by atoms with Crippen LogP contribution in [0.4, 0.5) is 5.69 Å². The molecule has 1 aliphatic rings. The van der Waals surface area contributed by atoms with E-state index < -0.39 is 0 Å². The molecule has 4 rings (SSSR count).